The molecule has 1 aromatic heterocycles. The first-order valence-corrected chi connectivity index (χ1v) is 3.79. The highest BCUT2D eigenvalue weighted by molar-refractivity contribution is 5.74. The van der Waals surface area contributed by atoms with Gasteiger partial charge in [0, 0.05) is 6.20 Å². The lowest BCUT2D eigenvalue weighted by Crippen LogP contribution is -2.10. The van der Waals surface area contributed by atoms with Crippen LogP contribution >= 0.6 is 0 Å². The maximum atomic E-state index is 10.5. The van der Waals surface area contributed by atoms with Crippen LogP contribution in [0.1, 0.15) is 24.2 Å². The molecule has 0 aliphatic heterocycles. The number of aliphatic hydroxyl groups excluding tert-OH is 1. The largest absolute Gasteiger partial charge is 0.481 e. The first kappa shape index (κ1) is 9.60. The van der Waals surface area contributed by atoms with Gasteiger partial charge in [-0.2, -0.15) is 0 Å². The molecule has 0 aromatic carbocycles. The fraction of sp³-hybridized carbons (Fsp3) is 0.375. The van der Waals surface area contributed by atoms with E-state index in [0.29, 0.717) is 11.4 Å². The quantitative estimate of drug-likeness (QED) is 0.695. The lowest BCUT2D eigenvalue weighted by molar-refractivity contribution is -0.138. The highest BCUT2D eigenvalue weighted by atomic mass is 16.4. The van der Waals surface area contributed by atoms with Gasteiger partial charge in [0.05, 0.1) is 30.1 Å². The number of hydrogen-bond acceptors (Lipinski definition) is 4. The van der Waals surface area contributed by atoms with E-state index in [0.717, 1.165) is 0 Å². The summed E-state index contributed by atoms with van der Waals surface area (Å²) in [5, 5.41) is 17.3. The van der Waals surface area contributed by atoms with Gasteiger partial charge in [0.2, 0.25) is 0 Å². The Labute approximate surface area is 75.1 Å². The van der Waals surface area contributed by atoms with Crippen LogP contribution in [0.2, 0.25) is 0 Å². The zero-order valence-electron chi connectivity index (χ0n) is 7.14. The van der Waals surface area contributed by atoms with Crippen molar-refractivity contribution in [3.8, 4) is 0 Å². The van der Waals surface area contributed by atoms with Crippen LogP contribution in [-0.2, 0) is 11.4 Å². The highest BCUT2D eigenvalue weighted by Crippen LogP contribution is 2.10. The average Bonchev–Trinajstić information content (AvgIpc) is 2.17. The summed E-state index contributed by atoms with van der Waals surface area (Å²) in [6, 6.07) is 0. The number of carboxylic acid groups (broad SMARTS) is 1. The molecule has 1 rings (SSSR count). The third-order valence-corrected chi connectivity index (χ3v) is 1.70. The van der Waals surface area contributed by atoms with Crippen LogP contribution in [0.5, 0.6) is 0 Å². The Hall–Kier alpha value is -1.49. The SMILES string of the molecule is CC(C(=O)O)c1cnc(CO)cn1. The minimum absolute atomic E-state index is 0.186. The monoisotopic (exact) mass is 182 g/mol. The molecule has 0 spiro atoms. The third kappa shape index (κ3) is 2.22. The lowest BCUT2D eigenvalue weighted by Gasteiger charge is -2.04. The van der Waals surface area contributed by atoms with E-state index in [1.54, 1.807) is 0 Å². The van der Waals surface area contributed by atoms with Crippen LogP contribution < -0.4 is 0 Å². The summed E-state index contributed by atoms with van der Waals surface area (Å²) in [6.07, 6.45) is 2.74. The zero-order valence-corrected chi connectivity index (χ0v) is 7.14. The molecule has 70 valence electrons. The number of hydrogen-bond donors (Lipinski definition) is 2. The van der Waals surface area contributed by atoms with Crippen molar-refractivity contribution in [1.82, 2.24) is 9.97 Å². The summed E-state index contributed by atoms with van der Waals surface area (Å²) in [5.41, 5.74) is 0.825. The Morgan fingerprint density at radius 2 is 2.23 bits per heavy atom. The van der Waals surface area contributed by atoms with Gasteiger partial charge >= 0.3 is 5.97 Å². The number of aliphatic hydroxyl groups is 1. The van der Waals surface area contributed by atoms with Crippen molar-refractivity contribution in [2.24, 2.45) is 0 Å². The molecule has 1 aromatic rings. The molecular formula is C8H10N2O3. The van der Waals surface area contributed by atoms with E-state index in [1.165, 1.54) is 19.3 Å². The average molecular weight is 182 g/mol. The summed E-state index contributed by atoms with van der Waals surface area (Å²) in [6.45, 7) is 1.35. The first-order chi connectivity index (χ1) is 6.15. The number of aromatic nitrogens is 2. The Bertz CT molecular complexity index is 297. The van der Waals surface area contributed by atoms with Crippen LogP contribution in [0, 0.1) is 0 Å². The second-order valence-corrected chi connectivity index (χ2v) is 2.65. The maximum absolute atomic E-state index is 10.5. The predicted octanol–water partition coefficient (Wildman–Crippen LogP) is 0.157. The smallest absolute Gasteiger partial charge is 0.312 e. The van der Waals surface area contributed by atoms with Crippen molar-refractivity contribution < 1.29 is 15.0 Å². The highest BCUT2D eigenvalue weighted by Gasteiger charge is 2.14. The molecule has 13 heavy (non-hydrogen) atoms. The van der Waals surface area contributed by atoms with Crippen molar-refractivity contribution in [2.75, 3.05) is 0 Å². The van der Waals surface area contributed by atoms with Crippen LogP contribution in [0.4, 0.5) is 0 Å². The normalized spacial score (nSPS) is 12.5. The van der Waals surface area contributed by atoms with Crippen LogP contribution in [0.3, 0.4) is 0 Å². The Morgan fingerprint density at radius 3 is 2.62 bits per heavy atom. The fourth-order valence-corrected chi connectivity index (χ4v) is 0.797. The van der Waals surface area contributed by atoms with E-state index < -0.39 is 11.9 Å². The molecule has 0 saturated carbocycles. The Balaban J connectivity index is 2.85. The van der Waals surface area contributed by atoms with Crippen molar-refractivity contribution in [3.05, 3.63) is 23.8 Å². The van der Waals surface area contributed by atoms with E-state index in [2.05, 4.69) is 9.97 Å². The molecule has 1 unspecified atom stereocenters. The lowest BCUT2D eigenvalue weighted by atomic mass is 10.1. The van der Waals surface area contributed by atoms with Gasteiger partial charge in [0.1, 0.15) is 0 Å². The number of carbonyl (C=O) groups is 1. The van der Waals surface area contributed by atoms with Crippen LogP contribution in [-0.4, -0.2) is 26.2 Å². The molecule has 0 aliphatic carbocycles. The van der Waals surface area contributed by atoms with Crippen molar-refractivity contribution in [3.63, 3.8) is 0 Å². The fourth-order valence-electron chi connectivity index (χ4n) is 0.797. The molecule has 0 radical (unpaired) electrons. The molecular weight excluding hydrogens is 172 g/mol. The summed E-state index contributed by atoms with van der Waals surface area (Å²) >= 11 is 0. The van der Waals surface area contributed by atoms with Crippen molar-refractivity contribution in [1.29, 1.82) is 0 Å². The minimum atomic E-state index is -0.939. The number of nitrogens with zero attached hydrogens (tertiary/aromatic N) is 2. The summed E-state index contributed by atoms with van der Waals surface area (Å²) in [4.78, 5) is 18.2. The van der Waals surface area contributed by atoms with Gasteiger partial charge in [0.15, 0.2) is 0 Å². The zero-order chi connectivity index (χ0) is 9.84. The number of carboxylic acids is 1. The Morgan fingerprint density at radius 1 is 1.54 bits per heavy atom. The summed E-state index contributed by atoms with van der Waals surface area (Å²) in [7, 11) is 0. The van der Waals surface area contributed by atoms with E-state index in [4.69, 9.17) is 10.2 Å². The number of rotatable bonds is 3. The first-order valence-electron chi connectivity index (χ1n) is 3.79. The van der Waals surface area contributed by atoms with Crippen molar-refractivity contribution in [2.45, 2.75) is 19.4 Å². The summed E-state index contributed by atoms with van der Waals surface area (Å²) < 4.78 is 0. The molecule has 0 fully saturated rings. The molecule has 0 aliphatic rings. The standard InChI is InChI=1S/C8H10N2O3/c1-5(8(12)13)7-3-9-6(4-11)2-10-7/h2-3,5,11H,4H2,1H3,(H,12,13). The molecule has 1 heterocycles. The third-order valence-electron chi connectivity index (χ3n) is 1.70. The second kappa shape index (κ2) is 3.95. The van der Waals surface area contributed by atoms with Gasteiger partial charge in [-0.15, -0.1) is 0 Å². The number of aliphatic carboxylic acids is 1. The van der Waals surface area contributed by atoms with Gasteiger partial charge in [-0.1, -0.05) is 0 Å². The molecule has 0 amide bonds. The molecule has 1 atom stereocenters. The molecule has 2 N–H and O–H groups in total. The van der Waals surface area contributed by atoms with E-state index in [1.807, 2.05) is 0 Å². The topological polar surface area (TPSA) is 83.3 Å². The van der Waals surface area contributed by atoms with Crippen LogP contribution in [0.15, 0.2) is 12.4 Å². The molecule has 0 bridgehead atoms. The minimum Gasteiger partial charge on any atom is -0.481 e. The molecule has 5 heteroatoms. The van der Waals surface area contributed by atoms with Crippen molar-refractivity contribution >= 4 is 5.97 Å². The maximum Gasteiger partial charge on any atom is 0.312 e. The molecule has 5 nitrogen and oxygen atoms in total. The van der Waals surface area contributed by atoms with E-state index in [9.17, 15) is 4.79 Å². The Kier molecular flexibility index (Phi) is 2.92. The predicted molar refractivity (Wildman–Crippen MR) is 44.0 cm³/mol. The van der Waals surface area contributed by atoms with E-state index >= 15 is 0 Å². The second-order valence-electron chi connectivity index (χ2n) is 2.65. The molecule has 0 saturated heterocycles. The van der Waals surface area contributed by atoms with Gasteiger partial charge < -0.3 is 10.2 Å². The van der Waals surface area contributed by atoms with Gasteiger partial charge in [-0.3, -0.25) is 14.8 Å². The van der Waals surface area contributed by atoms with Crippen LogP contribution in [0.25, 0.3) is 0 Å². The summed E-state index contributed by atoms with van der Waals surface area (Å²) in [5.74, 6) is -1.61. The van der Waals surface area contributed by atoms with Gasteiger partial charge in [-0.05, 0) is 6.92 Å². The van der Waals surface area contributed by atoms with Gasteiger partial charge in [-0.25, -0.2) is 0 Å². The van der Waals surface area contributed by atoms with E-state index in [-0.39, 0.29) is 6.61 Å². The van der Waals surface area contributed by atoms with Gasteiger partial charge in [0.25, 0.3) is 0 Å².